The lowest BCUT2D eigenvalue weighted by Gasteiger charge is -2.22. The molecular weight excluding hydrogens is 555 g/mol. The van der Waals surface area contributed by atoms with E-state index in [0.717, 1.165) is 31.2 Å². The van der Waals surface area contributed by atoms with Crippen LogP contribution in [0.2, 0.25) is 0 Å². The van der Waals surface area contributed by atoms with Crippen molar-refractivity contribution in [2.45, 2.75) is 12.5 Å². The van der Waals surface area contributed by atoms with E-state index in [9.17, 15) is 14.7 Å². The zero-order chi connectivity index (χ0) is 24.4. The van der Waals surface area contributed by atoms with Crippen LogP contribution in [0.25, 0.3) is 10.8 Å². The van der Waals surface area contributed by atoms with E-state index in [1.165, 1.54) is 17.1 Å². The number of fused-ring (bicyclic) bond motifs is 1. The summed E-state index contributed by atoms with van der Waals surface area (Å²) >= 11 is 2.04. The Hall–Kier alpha value is -3.72. The predicted octanol–water partition coefficient (Wildman–Crippen LogP) is 5.68. The lowest BCUT2D eigenvalue weighted by atomic mass is 9.97. The Balaban J connectivity index is 1.40. The number of phenols is 1. The summed E-state index contributed by atoms with van der Waals surface area (Å²) in [6.07, 6.45) is 0.541. The van der Waals surface area contributed by atoms with Gasteiger partial charge in [-0.1, -0.05) is 66.7 Å². The number of carbonyl (C=O) groups excluding carboxylic acids is 2. The maximum absolute atomic E-state index is 13.2. The molecule has 7 heteroatoms. The van der Waals surface area contributed by atoms with E-state index in [2.05, 4.69) is 17.2 Å². The monoisotopic (exact) mass is 576 g/mol. The van der Waals surface area contributed by atoms with Gasteiger partial charge in [-0.05, 0) is 68.8 Å². The summed E-state index contributed by atoms with van der Waals surface area (Å²) < 4.78 is 6.03. The Morgan fingerprint density at radius 3 is 2.49 bits per heavy atom. The number of hydrogen-bond acceptors (Lipinski definition) is 5. The number of phenolic OH excluding ortho intramolecular Hbond substituents is 1. The van der Waals surface area contributed by atoms with Crippen LogP contribution in [-0.4, -0.2) is 34.3 Å². The van der Waals surface area contributed by atoms with E-state index in [4.69, 9.17) is 4.74 Å². The second-order valence-electron chi connectivity index (χ2n) is 8.22. The first-order valence-corrected chi connectivity index (χ1v) is 12.2. The molecule has 4 aromatic carbocycles. The zero-order valence-electron chi connectivity index (χ0n) is 18.6. The number of esters is 1. The largest absolute Gasteiger partial charge is 0.507 e. The molecule has 0 bridgehead atoms. The van der Waals surface area contributed by atoms with Gasteiger partial charge in [-0.2, -0.15) is 5.10 Å². The Morgan fingerprint density at radius 1 is 0.943 bits per heavy atom. The summed E-state index contributed by atoms with van der Waals surface area (Å²) in [5.74, 6) is -1.39. The van der Waals surface area contributed by atoms with Crippen LogP contribution in [0.3, 0.4) is 0 Å². The summed E-state index contributed by atoms with van der Waals surface area (Å²) in [4.78, 5) is 25.7. The van der Waals surface area contributed by atoms with Crippen LogP contribution in [0, 0.1) is 3.57 Å². The molecule has 1 heterocycles. The summed E-state index contributed by atoms with van der Waals surface area (Å²) in [5, 5.41) is 18.3. The number of amides is 1. The van der Waals surface area contributed by atoms with Crippen molar-refractivity contribution in [3.8, 4) is 5.75 Å². The van der Waals surface area contributed by atoms with E-state index in [1.807, 2.05) is 83.3 Å². The zero-order valence-corrected chi connectivity index (χ0v) is 20.8. The molecule has 0 saturated carbocycles. The van der Waals surface area contributed by atoms with Gasteiger partial charge < -0.3 is 9.84 Å². The minimum Gasteiger partial charge on any atom is -0.507 e. The van der Waals surface area contributed by atoms with Crippen molar-refractivity contribution >= 4 is 51.0 Å². The van der Waals surface area contributed by atoms with Gasteiger partial charge in [-0.3, -0.25) is 4.79 Å². The molecule has 1 atom stereocenters. The topological polar surface area (TPSA) is 79.2 Å². The van der Waals surface area contributed by atoms with Crippen LogP contribution in [0.1, 0.15) is 33.9 Å². The smallest absolute Gasteiger partial charge is 0.342 e. The van der Waals surface area contributed by atoms with Gasteiger partial charge in [0.25, 0.3) is 5.91 Å². The fourth-order valence-electron chi connectivity index (χ4n) is 4.16. The Bertz CT molecular complexity index is 1450. The fourth-order valence-corrected chi connectivity index (χ4v) is 4.65. The van der Waals surface area contributed by atoms with Crippen molar-refractivity contribution in [2.75, 3.05) is 6.61 Å². The Kier molecular flexibility index (Phi) is 6.50. The number of ether oxygens (including phenoxy) is 1. The third-order valence-corrected chi connectivity index (χ3v) is 6.61. The van der Waals surface area contributed by atoms with Crippen molar-refractivity contribution in [3.05, 3.63) is 111 Å². The van der Waals surface area contributed by atoms with Crippen LogP contribution in [0.15, 0.2) is 96.1 Å². The maximum Gasteiger partial charge on any atom is 0.342 e. The first kappa shape index (κ1) is 23.0. The molecule has 1 unspecified atom stereocenters. The van der Waals surface area contributed by atoms with Gasteiger partial charge in [0.05, 0.1) is 11.8 Å². The Labute approximate surface area is 216 Å². The lowest BCUT2D eigenvalue weighted by Crippen LogP contribution is -2.31. The van der Waals surface area contributed by atoms with Gasteiger partial charge in [0, 0.05) is 9.99 Å². The van der Waals surface area contributed by atoms with E-state index in [1.54, 1.807) is 6.07 Å². The Morgan fingerprint density at radius 2 is 1.69 bits per heavy atom. The minimum absolute atomic E-state index is 0.0195. The first-order valence-electron chi connectivity index (χ1n) is 11.1. The number of hydrazone groups is 1. The molecular formula is C28H21IN2O4. The van der Waals surface area contributed by atoms with Crippen molar-refractivity contribution < 1.29 is 19.4 Å². The lowest BCUT2D eigenvalue weighted by molar-refractivity contribution is -0.136. The van der Waals surface area contributed by atoms with Crippen LogP contribution in [-0.2, 0) is 9.53 Å². The van der Waals surface area contributed by atoms with E-state index < -0.39 is 18.5 Å². The summed E-state index contributed by atoms with van der Waals surface area (Å²) in [6, 6.07) is 28.2. The average molecular weight is 576 g/mol. The van der Waals surface area contributed by atoms with Crippen LogP contribution >= 0.6 is 22.6 Å². The highest BCUT2D eigenvalue weighted by Crippen LogP contribution is 2.33. The summed E-state index contributed by atoms with van der Waals surface area (Å²) in [6.45, 7) is -0.485. The van der Waals surface area contributed by atoms with Gasteiger partial charge in [0.1, 0.15) is 11.3 Å². The number of halogens is 1. The highest BCUT2D eigenvalue weighted by atomic mass is 127. The third-order valence-electron chi connectivity index (χ3n) is 5.94. The molecule has 1 aliphatic rings. The predicted molar refractivity (Wildman–Crippen MR) is 142 cm³/mol. The molecule has 174 valence electrons. The molecule has 1 N–H and O–H groups in total. The van der Waals surface area contributed by atoms with E-state index in [-0.39, 0.29) is 17.4 Å². The average Bonchev–Trinajstić information content (AvgIpc) is 3.34. The maximum atomic E-state index is 13.2. The van der Waals surface area contributed by atoms with Gasteiger partial charge >= 0.3 is 5.97 Å². The third kappa shape index (κ3) is 4.90. The minimum atomic E-state index is -0.761. The van der Waals surface area contributed by atoms with Crippen molar-refractivity contribution in [3.63, 3.8) is 0 Å². The summed E-state index contributed by atoms with van der Waals surface area (Å²) in [5.41, 5.74) is 2.70. The number of hydrogen-bond donors (Lipinski definition) is 1. The molecule has 5 rings (SSSR count). The van der Waals surface area contributed by atoms with E-state index >= 15 is 0 Å². The molecule has 0 saturated heterocycles. The van der Waals surface area contributed by atoms with Crippen molar-refractivity contribution in [1.82, 2.24) is 5.01 Å². The van der Waals surface area contributed by atoms with E-state index in [0.29, 0.717) is 6.42 Å². The second kappa shape index (κ2) is 9.87. The van der Waals surface area contributed by atoms with Crippen molar-refractivity contribution in [2.24, 2.45) is 5.10 Å². The molecule has 0 radical (unpaired) electrons. The number of nitrogens with zero attached hydrogens (tertiary/aromatic N) is 2. The van der Waals surface area contributed by atoms with Gasteiger partial charge in [-0.25, -0.2) is 9.80 Å². The molecule has 1 aliphatic heterocycles. The first-order chi connectivity index (χ1) is 17.0. The normalized spacial score (nSPS) is 15.2. The number of carbonyl (C=O) groups is 2. The molecule has 1 amide bonds. The molecule has 0 aliphatic carbocycles. The quantitative estimate of drug-likeness (QED) is 0.245. The second-order valence-corrected chi connectivity index (χ2v) is 9.46. The number of benzene rings is 4. The SMILES string of the molecule is O=C(OCC(=O)N1N=C(c2ccc3ccccc3c2)CC1c1ccccc1)c1cc(I)ccc1O. The highest BCUT2D eigenvalue weighted by molar-refractivity contribution is 14.1. The molecule has 0 aromatic heterocycles. The van der Waals surface area contributed by atoms with Gasteiger partial charge in [-0.15, -0.1) is 0 Å². The van der Waals surface area contributed by atoms with Crippen LogP contribution < -0.4 is 0 Å². The van der Waals surface area contributed by atoms with Gasteiger partial charge in [0.15, 0.2) is 6.61 Å². The molecule has 0 spiro atoms. The summed E-state index contributed by atoms with van der Waals surface area (Å²) in [7, 11) is 0. The fraction of sp³-hybridized carbons (Fsp3) is 0.107. The molecule has 35 heavy (non-hydrogen) atoms. The van der Waals surface area contributed by atoms with Gasteiger partial charge in [0.2, 0.25) is 0 Å². The number of rotatable bonds is 5. The highest BCUT2D eigenvalue weighted by Gasteiger charge is 2.33. The van der Waals surface area contributed by atoms with Crippen LogP contribution in [0.5, 0.6) is 5.75 Å². The van der Waals surface area contributed by atoms with Crippen LogP contribution in [0.4, 0.5) is 0 Å². The van der Waals surface area contributed by atoms with Crippen molar-refractivity contribution in [1.29, 1.82) is 0 Å². The number of aromatic hydroxyl groups is 1. The molecule has 0 fully saturated rings. The standard InChI is InChI=1S/C28H21IN2O4/c29-22-12-13-26(32)23(15-22)28(34)35-17-27(33)31-25(19-7-2-1-3-8-19)16-24(30-31)21-11-10-18-6-4-5-9-20(18)14-21/h1-15,25,32H,16-17H2. The molecule has 4 aromatic rings. The molecule has 6 nitrogen and oxygen atoms in total.